The van der Waals surface area contributed by atoms with Crippen LogP contribution in [-0.2, 0) is 4.74 Å². The fourth-order valence-corrected chi connectivity index (χ4v) is 4.77. The number of nitrogens with zero attached hydrogens (tertiary/aromatic N) is 1. The zero-order valence-corrected chi connectivity index (χ0v) is 10.1. The van der Waals surface area contributed by atoms with Gasteiger partial charge in [-0.05, 0) is 63.2 Å². The molecule has 4 bridgehead atoms. The highest BCUT2D eigenvalue weighted by atomic mass is 16.5. The van der Waals surface area contributed by atoms with Gasteiger partial charge in [0.15, 0.2) is 0 Å². The van der Waals surface area contributed by atoms with Crippen molar-refractivity contribution in [3.8, 4) is 6.07 Å². The molecule has 4 fully saturated rings. The Morgan fingerprint density at radius 2 is 1.69 bits per heavy atom. The van der Waals surface area contributed by atoms with E-state index in [1.807, 2.05) is 0 Å². The van der Waals surface area contributed by atoms with Crippen molar-refractivity contribution in [3.63, 3.8) is 0 Å². The first-order chi connectivity index (χ1) is 7.69. The average Bonchev–Trinajstić information content (AvgIpc) is 2.13. The minimum absolute atomic E-state index is 0.126. The lowest BCUT2D eigenvalue weighted by Gasteiger charge is -2.56. The van der Waals surface area contributed by atoms with Gasteiger partial charge in [0.2, 0.25) is 0 Å². The fraction of sp³-hybridized carbons (Fsp3) is 0.929. The topological polar surface area (TPSA) is 33.0 Å². The van der Waals surface area contributed by atoms with Crippen LogP contribution in [-0.4, -0.2) is 11.7 Å². The predicted molar refractivity (Wildman–Crippen MR) is 61.7 cm³/mol. The Labute approximate surface area is 98.0 Å². The molecule has 4 aliphatic rings. The van der Waals surface area contributed by atoms with Crippen LogP contribution in [0.25, 0.3) is 0 Å². The largest absolute Gasteiger partial charge is 0.371 e. The van der Waals surface area contributed by atoms with E-state index in [-0.39, 0.29) is 11.7 Å². The van der Waals surface area contributed by atoms with E-state index >= 15 is 0 Å². The first kappa shape index (κ1) is 10.6. The van der Waals surface area contributed by atoms with Gasteiger partial charge in [-0.15, -0.1) is 0 Å². The van der Waals surface area contributed by atoms with E-state index in [1.165, 1.54) is 38.5 Å². The third-order valence-corrected chi connectivity index (χ3v) is 4.81. The molecular formula is C14H21NO. The second kappa shape index (κ2) is 3.74. The Kier molecular flexibility index (Phi) is 2.47. The van der Waals surface area contributed by atoms with Crippen molar-refractivity contribution in [1.29, 1.82) is 5.26 Å². The molecule has 4 rings (SSSR count). The molecule has 0 spiro atoms. The highest BCUT2D eigenvalue weighted by Gasteiger charge is 2.52. The fourth-order valence-electron chi connectivity index (χ4n) is 4.77. The predicted octanol–water partition coefficient (Wildman–Crippen LogP) is 3.27. The van der Waals surface area contributed by atoms with Crippen molar-refractivity contribution in [2.24, 2.45) is 17.8 Å². The summed E-state index contributed by atoms with van der Waals surface area (Å²) in [5, 5.41) is 8.72. The SMILES string of the molecule is CC(CC#N)OC12CC3CC(CC(C3)C1)C2. The number of ether oxygens (including phenoxy) is 1. The summed E-state index contributed by atoms with van der Waals surface area (Å²) in [5.74, 6) is 2.79. The first-order valence-corrected chi connectivity index (χ1v) is 6.74. The van der Waals surface area contributed by atoms with Crippen LogP contribution in [0.3, 0.4) is 0 Å². The van der Waals surface area contributed by atoms with Gasteiger partial charge in [-0.2, -0.15) is 5.26 Å². The molecule has 0 aromatic heterocycles. The number of nitriles is 1. The van der Waals surface area contributed by atoms with Gasteiger partial charge in [0.25, 0.3) is 0 Å². The molecule has 0 N–H and O–H groups in total. The van der Waals surface area contributed by atoms with E-state index < -0.39 is 0 Å². The molecule has 1 atom stereocenters. The molecule has 0 heterocycles. The Hall–Kier alpha value is -0.550. The van der Waals surface area contributed by atoms with Gasteiger partial charge < -0.3 is 4.74 Å². The van der Waals surface area contributed by atoms with E-state index in [4.69, 9.17) is 10.00 Å². The van der Waals surface area contributed by atoms with E-state index in [1.54, 1.807) is 0 Å². The lowest BCUT2D eigenvalue weighted by Crippen LogP contribution is -2.53. The standard InChI is InChI=1S/C14H21NO/c1-10(2-3-15)16-14-7-11-4-12(8-14)6-13(5-11)9-14/h10-13H,2,4-9H2,1H3. The summed E-state index contributed by atoms with van der Waals surface area (Å²) >= 11 is 0. The zero-order chi connectivity index (χ0) is 11.2. The maximum atomic E-state index is 8.72. The van der Waals surface area contributed by atoms with Crippen molar-refractivity contribution in [2.45, 2.75) is 63.6 Å². The maximum absolute atomic E-state index is 8.72. The molecule has 1 unspecified atom stereocenters. The third-order valence-electron chi connectivity index (χ3n) is 4.81. The Morgan fingerprint density at radius 1 is 1.19 bits per heavy atom. The van der Waals surface area contributed by atoms with Crippen LogP contribution < -0.4 is 0 Å². The number of hydrogen-bond donors (Lipinski definition) is 0. The first-order valence-electron chi connectivity index (χ1n) is 6.74. The van der Waals surface area contributed by atoms with Crippen LogP contribution in [0.15, 0.2) is 0 Å². The highest BCUT2D eigenvalue weighted by Crippen LogP contribution is 2.57. The normalized spacial score (nSPS) is 46.6. The van der Waals surface area contributed by atoms with Crippen molar-refractivity contribution in [3.05, 3.63) is 0 Å². The third kappa shape index (κ3) is 1.76. The van der Waals surface area contributed by atoms with Crippen molar-refractivity contribution >= 4 is 0 Å². The molecule has 16 heavy (non-hydrogen) atoms. The minimum atomic E-state index is 0.126. The van der Waals surface area contributed by atoms with Crippen molar-refractivity contribution in [1.82, 2.24) is 0 Å². The van der Waals surface area contributed by atoms with E-state index in [0.717, 1.165) is 17.8 Å². The minimum Gasteiger partial charge on any atom is -0.371 e. The summed E-state index contributed by atoms with van der Waals surface area (Å²) < 4.78 is 6.27. The monoisotopic (exact) mass is 219 g/mol. The molecular weight excluding hydrogens is 198 g/mol. The summed E-state index contributed by atoms with van der Waals surface area (Å²) in [7, 11) is 0. The maximum Gasteiger partial charge on any atom is 0.0694 e. The molecule has 0 saturated heterocycles. The van der Waals surface area contributed by atoms with E-state index in [2.05, 4.69) is 13.0 Å². The molecule has 4 saturated carbocycles. The van der Waals surface area contributed by atoms with Crippen LogP contribution in [0.5, 0.6) is 0 Å². The van der Waals surface area contributed by atoms with Gasteiger partial charge in [-0.25, -0.2) is 0 Å². The highest BCUT2D eigenvalue weighted by molar-refractivity contribution is 5.03. The molecule has 2 heteroatoms. The van der Waals surface area contributed by atoms with Crippen LogP contribution in [0.1, 0.15) is 51.9 Å². The van der Waals surface area contributed by atoms with Gasteiger partial charge in [0, 0.05) is 0 Å². The summed E-state index contributed by atoms with van der Waals surface area (Å²) in [6.07, 6.45) is 8.85. The Balaban J connectivity index is 1.71. The van der Waals surface area contributed by atoms with Crippen molar-refractivity contribution in [2.75, 3.05) is 0 Å². The molecule has 2 nitrogen and oxygen atoms in total. The Bertz CT molecular complexity index is 282. The van der Waals surface area contributed by atoms with Gasteiger partial charge in [-0.1, -0.05) is 0 Å². The van der Waals surface area contributed by atoms with Crippen LogP contribution in [0.2, 0.25) is 0 Å². The quantitative estimate of drug-likeness (QED) is 0.729. The molecule has 0 amide bonds. The van der Waals surface area contributed by atoms with Gasteiger partial charge in [0.05, 0.1) is 24.2 Å². The smallest absolute Gasteiger partial charge is 0.0694 e. The summed E-state index contributed by atoms with van der Waals surface area (Å²) in [4.78, 5) is 0. The molecule has 0 aliphatic heterocycles. The average molecular weight is 219 g/mol. The second-order valence-electron chi connectivity index (χ2n) is 6.39. The summed E-state index contributed by atoms with van der Waals surface area (Å²) in [6.45, 7) is 2.06. The van der Waals surface area contributed by atoms with Gasteiger partial charge >= 0.3 is 0 Å². The number of hydrogen-bond acceptors (Lipinski definition) is 2. The van der Waals surface area contributed by atoms with Gasteiger partial charge in [-0.3, -0.25) is 0 Å². The Morgan fingerprint density at radius 3 is 2.12 bits per heavy atom. The summed E-state index contributed by atoms with van der Waals surface area (Å²) in [5.41, 5.74) is 0.172. The molecule has 0 radical (unpaired) electrons. The van der Waals surface area contributed by atoms with Crippen LogP contribution >= 0.6 is 0 Å². The van der Waals surface area contributed by atoms with E-state index in [9.17, 15) is 0 Å². The van der Waals surface area contributed by atoms with Crippen LogP contribution in [0.4, 0.5) is 0 Å². The lowest BCUT2D eigenvalue weighted by atomic mass is 9.54. The zero-order valence-electron chi connectivity index (χ0n) is 10.1. The lowest BCUT2D eigenvalue weighted by molar-refractivity contribution is -0.183. The van der Waals surface area contributed by atoms with Crippen molar-refractivity contribution < 1.29 is 4.74 Å². The number of rotatable bonds is 3. The molecule has 0 aromatic rings. The summed E-state index contributed by atoms with van der Waals surface area (Å²) in [6, 6.07) is 2.23. The molecule has 4 aliphatic carbocycles. The second-order valence-corrected chi connectivity index (χ2v) is 6.39. The molecule has 0 aromatic carbocycles. The van der Waals surface area contributed by atoms with Gasteiger partial charge in [0.1, 0.15) is 0 Å². The van der Waals surface area contributed by atoms with E-state index in [0.29, 0.717) is 6.42 Å². The van der Waals surface area contributed by atoms with Crippen LogP contribution in [0, 0.1) is 29.1 Å². The molecule has 88 valence electrons.